The van der Waals surface area contributed by atoms with Gasteiger partial charge in [0.25, 0.3) is 0 Å². The van der Waals surface area contributed by atoms with E-state index < -0.39 is 0 Å². The monoisotopic (exact) mass is 320 g/mol. The Labute approximate surface area is 141 Å². The number of para-hydroxylation sites is 1. The molecule has 1 unspecified atom stereocenters. The highest BCUT2D eigenvalue weighted by Gasteiger charge is 2.17. The minimum Gasteiger partial charge on any atom is -0.508 e. The Balaban J connectivity index is 1.88. The number of benzene rings is 3. The highest BCUT2D eigenvalue weighted by Crippen LogP contribution is 2.35. The summed E-state index contributed by atoms with van der Waals surface area (Å²) in [6.45, 7) is 0. The van der Waals surface area contributed by atoms with Crippen molar-refractivity contribution in [3.05, 3.63) is 89.5 Å². The summed E-state index contributed by atoms with van der Waals surface area (Å²) in [4.78, 5) is 0. The number of aromatic hydroxyl groups is 3. The molecule has 3 aromatic carbocycles. The standard InChI is InChI=1S/C21H20O3/c22-17-10-5-15(6-11-17)7-14-19(16-8-12-18(23)13-9-16)20-3-1-2-4-21(20)24/h1-6,8-13,19,22-24H,7,14H2. The summed E-state index contributed by atoms with van der Waals surface area (Å²) < 4.78 is 0. The number of aryl methyl sites for hydroxylation is 1. The second kappa shape index (κ2) is 7.09. The zero-order valence-corrected chi connectivity index (χ0v) is 13.3. The highest BCUT2D eigenvalue weighted by molar-refractivity contribution is 5.42. The molecule has 3 nitrogen and oxygen atoms in total. The van der Waals surface area contributed by atoms with Crippen LogP contribution in [0.15, 0.2) is 72.8 Å². The molecule has 0 aliphatic carbocycles. The van der Waals surface area contributed by atoms with Gasteiger partial charge in [-0.05, 0) is 54.3 Å². The van der Waals surface area contributed by atoms with E-state index in [9.17, 15) is 15.3 Å². The van der Waals surface area contributed by atoms with Gasteiger partial charge in [-0.1, -0.05) is 42.5 Å². The van der Waals surface area contributed by atoms with Crippen LogP contribution in [0.25, 0.3) is 0 Å². The molecule has 0 radical (unpaired) electrons. The molecule has 0 aromatic heterocycles. The van der Waals surface area contributed by atoms with Crippen molar-refractivity contribution in [2.45, 2.75) is 18.8 Å². The van der Waals surface area contributed by atoms with E-state index >= 15 is 0 Å². The zero-order chi connectivity index (χ0) is 16.9. The number of hydrogen-bond donors (Lipinski definition) is 3. The van der Waals surface area contributed by atoms with E-state index in [1.165, 1.54) is 0 Å². The van der Waals surface area contributed by atoms with Crippen LogP contribution in [0.2, 0.25) is 0 Å². The van der Waals surface area contributed by atoms with Crippen molar-refractivity contribution < 1.29 is 15.3 Å². The molecule has 24 heavy (non-hydrogen) atoms. The second-order valence-electron chi connectivity index (χ2n) is 5.91. The maximum Gasteiger partial charge on any atom is 0.119 e. The van der Waals surface area contributed by atoms with E-state index in [1.54, 1.807) is 30.3 Å². The number of rotatable bonds is 5. The minimum absolute atomic E-state index is 0.0283. The Kier molecular flexibility index (Phi) is 4.71. The predicted molar refractivity (Wildman–Crippen MR) is 94.5 cm³/mol. The van der Waals surface area contributed by atoms with Gasteiger partial charge in [-0.3, -0.25) is 0 Å². The first-order valence-corrected chi connectivity index (χ1v) is 7.98. The molecule has 3 heteroatoms. The van der Waals surface area contributed by atoms with E-state index in [0.717, 1.165) is 29.5 Å². The predicted octanol–water partition coefficient (Wildman–Crippen LogP) is 4.57. The van der Waals surface area contributed by atoms with Crippen LogP contribution in [0, 0.1) is 0 Å². The van der Waals surface area contributed by atoms with Gasteiger partial charge in [0.15, 0.2) is 0 Å². The maximum absolute atomic E-state index is 10.2. The van der Waals surface area contributed by atoms with Gasteiger partial charge in [0.05, 0.1) is 0 Å². The van der Waals surface area contributed by atoms with Crippen LogP contribution in [0.1, 0.15) is 29.0 Å². The molecule has 3 aromatic rings. The molecule has 0 saturated heterocycles. The summed E-state index contributed by atoms with van der Waals surface area (Å²) in [7, 11) is 0. The smallest absolute Gasteiger partial charge is 0.119 e. The van der Waals surface area contributed by atoms with Crippen LogP contribution >= 0.6 is 0 Å². The van der Waals surface area contributed by atoms with Crippen molar-refractivity contribution in [2.24, 2.45) is 0 Å². The van der Waals surface area contributed by atoms with Gasteiger partial charge in [-0.25, -0.2) is 0 Å². The Bertz CT molecular complexity index is 792. The molecule has 3 rings (SSSR count). The van der Waals surface area contributed by atoms with Crippen molar-refractivity contribution in [1.29, 1.82) is 0 Å². The lowest BCUT2D eigenvalue weighted by Gasteiger charge is -2.19. The molecular weight excluding hydrogens is 300 g/mol. The third-order valence-electron chi connectivity index (χ3n) is 4.27. The molecule has 0 aliphatic heterocycles. The summed E-state index contributed by atoms with van der Waals surface area (Å²) in [5.41, 5.74) is 3.06. The molecule has 0 aliphatic rings. The van der Waals surface area contributed by atoms with E-state index in [-0.39, 0.29) is 23.2 Å². The van der Waals surface area contributed by atoms with Gasteiger partial charge < -0.3 is 15.3 Å². The Hall–Kier alpha value is -2.94. The molecule has 0 fully saturated rings. The normalized spacial score (nSPS) is 12.0. The second-order valence-corrected chi connectivity index (χ2v) is 5.91. The molecule has 122 valence electrons. The fourth-order valence-electron chi connectivity index (χ4n) is 2.96. The summed E-state index contributed by atoms with van der Waals surface area (Å²) >= 11 is 0. The molecule has 0 saturated carbocycles. The lowest BCUT2D eigenvalue weighted by atomic mass is 9.86. The Morgan fingerprint density at radius 1 is 0.667 bits per heavy atom. The van der Waals surface area contributed by atoms with E-state index in [4.69, 9.17) is 0 Å². The van der Waals surface area contributed by atoms with Crippen LogP contribution in [0.5, 0.6) is 17.2 Å². The minimum atomic E-state index is 0.0283. The molecule has 1 atom stereocenters. The van der Waals surface area contributed by atoms with Gasteiger partial charge in [0.2, 0.25) is 0 Å². The van der Waals surface area contributed by atoms with Crippen LogP contribution in [-0.2, 0) is 6.42 Å². The molecule has 0 heterocycles. The van der Waals surface area contributed by atoms with Crippen molar-refractivity contribution in [1.82, 2.24) is 0 Å². The molecule has 3 N–H and O–H groups in total. The topological polar surface area (TPSA) is 60.7 Å². The summed E-state index contributed by atoms with van der Waals surface area (Å²) in [6.07, 6.45) is 1.63. The first-order valence-electron chi connectivity index (χ1n) is 7.98. The quantitative estimate of drug-likeness (QED) is 0.645. The number of hydrogen-bond acceptors (Lipinski definition) is 3. The summed E-state index contributed by atoms with van der Waals surface area (Å²) in [6, 6.07) is 21.7. The Morgan fingerprint density at radius 3 is 1.88 bits per heavy atom. The van der Waals surface area contributed by atoms with E-state index in [2.05, 4.69) is 0 Å². The first kappa shape index (κ1) is 15.9. The molecule has 0 spiro atoms. The van der Waals surface area contributed by atoms with Gasteiger partial charge in [-0.2, -0.15) is 0 Å². The fourth-order valence-corrected chi connectivity index (χ4v) is 2.96. The number of phenols is 3. The van der Waals surface area contributed by atoms with Crippen LogP contribution in [0.3, 0.4) is 0 Å². The van der Waals surface area contributed by atoms with E-state index in [0.29, 0.717) is 0 Å². The lowest BCUT2D eigenvalue weighted by molar-refractivity contribution is 0.462. The third-order valence-corrected chi connectivity index (χ3v) is 4.27. The first-order chi connectivity index (χ1) is 11.6. The average Bonchev–Trinajstić information content (AvgIpc) is 2.59. The number of phenolic OH excluding ortho intramolecular Hbond substituents is 3. The van der Waals surface area contributed by atoms with Gasteiger partial charge in [0, 0.05) is 11.5 Å². The van der Waals surface area contributed by atoms with Crippen molar-refractivity contribution in [3.63, 3.8) is 0 Å². The van der Waals surface area contributed by atoms with Crippen molar-refractivity contribution >= 4 is 0 Å². The molecular formula is C21H20O3. The Morgan fingerprint density at radius 2 is 1.25 bits per heavy atom. The third kappa shape index (κ3) is 3.69. The van der Waals surface area contributed by atoms with Gasteiger partial charge in [0.1, 0.15) is 17.2 Å². The van der Waals surface area contributed by atoms with Crippen molar-refractivity contribution in [3.8, 4) is 17.2 Å². The SMILES string of the molecule is Oc1ccc(CCC(c2ccc(O)cc2)c2ccccc2O)cc1. The van der Waals surface area contributed by atoms with Crippen LogP contribution in [0.4, 0.5) is 0 Å². The van der Waals surface area contributed by atoms with Crippen LogP contribution in [-0.4, -0.2) is 15.3 Å². The summed E-state index contributed by atoms with van der Waals surface area (Å²) in [5, 5.41) is 29.2. The molecule has 0 amide bonds. The summed E-state index contributed by atoms with van der Waals surface area (Å²) in [5.74, 6) is 0.796. The highest BCUT2D eigenvalue weighted by atomic mass is 16.3. The van der Waals surface area contributed by atoms with Gasteiger partial charge in [-0.15, -0.1) is 0 Å². The zero-order valence-electron chi connectivity index (χ0n) is 13.3. The van der Waals surface area contributed by atoms with Crippen LogP contribution < -0.4 is 0 Å². The van der Waals surface area contributed by atoms with E-state index in [1.807, 2.05) is 42.5 Å². The van der Waals surface area contributed by atoms with Gasteiger partial charge >= 0.3 is 0 Å². The maximum atomic E-state index is 10.2. The average molecular weight is 320 g/mol. The molecule has 0 bridgehead atoms. The lowest BCUT2D eigenvalue weighted by Crippen LogP contribution is -2.03. The fraction of sp³-hybridized carbons (Fsp3) is 0.143. The largest absolute Gasteiger partial charge is 0.508 e. The van der Waals surface area contributed by atoms with Crippen molar-refractivity contribution in [2.75, 3.05) is 0 Å².